The van der Waals surface area contributed by atoms with E-state index in [1.165, 1.54) is 6.42 Å². The third-order valence-electron chi connectivity index (χ3n) is 4.49. The molecule has 0 radical (unpaired) electrons. The summed E-state index contributed by atoms with van der Waals surface area (Å²) in [6.45, 7) is 2.59. The minimum absolute atomic E-state index is 0.0913. The summed E-state index contributed by atoms with van der Waals surface area (Å²) in [7, 11) is 1.62. The maximum atomic E-state index is 12.0. The molecule has 0 spiro atoms. The molecule has 2 N–H and O–H groups in total. The largest absolute Gasteiger partial charge is 0.497 e. The Balaban J connectivity index is 1.44. The number of pyridine rings is 1. The van der Waals surface area contributed by atoms with E-state index in [9.17, 15) is 4.79 Å². The van der Waals surface area contributed by atoms with Crippen LogP contribution in [-0.4, -0.2) is 31.1 Å². The van der Waals surface area contributed by atoms with Crippen LogP contribution in [0, 0.1) is 5.92 Å². The van der Waals surface area contributed by atoms with Crippen LogP contribution in [0.15, 0.2) is 42.6 Å². The van der Waals surface area contributed by atoms with Gasteiger partial charge in [-0.25, -0.2) is 4.98 Å². The molecule has 6 nitrogen and oxygen atoms in total. The summed E-state index contributed by atoms with van der Waals surface area (Å²) in [6, 6.07) is 11.1. The van der Waals surface area contributed by atoms with Gasteiger partial charge in [-0.3, -0.25) is 4.79 Å². The van der Waals surface area contributed by atoms with Crippen molar-refractivity contribution in [1.29, 1.82) is 0 Å². The number of nitrogens with zero attached hydrogens (tertiary/aromatic N) is 1. The minimum Gasteiger partial charge on any atom is -0.497 e. The molecule has 1 aromatic heterocycles. The average Bonchev–Trinajstić information content (AvgIpc) is 3.19. The van der Waals surface area contributed by atoms with E-state index in [0.29, 0.717) is 30.5 Å². The van der Waals surface area contributed by atoms with E-state index in [2.05, 4.69) is 15.6 Å². The van der Waals surface area contributed by atoms with E-state index in [1.54, 1.807) is 25.4 Å². The van der Waals surface area contributed by atoms with Crippen molar-refractivity contribution in [2.24, 2.45) is 5.92 Å². The lowest BCUT2D eigenvalue weighted by Crippen LogP contribution is -2.23. The second-order valence-electron chi connectivity index (χ2n) is 6.46. The van der Waals surface area contributed by atoms with Gasteiger partial charge in [-0.2, -0.15) is 0 Å². The topological polar surface area (TPSA) is 72.5 Å². The van der Waals surface area contributed by atoms with Crippen molar-refractivity contribution < 1.29 is 14.3 Å². The highest BCUT2D eigenvalue weighted by Crippen LogP contribution is 2.23. The Morgan fingerprint density at radius 1 is 1.31 bits per heavy atom. The summed E-state index contributed by atoms with van der Waals surface area (Å²) >= 11 is 0. The van der Waals surface area contributed by atoms with Crippen molar-refractivity contribution >= 4 is 5.91 Å². The Labute approximate surface area is 153 Å². The molecule has 1 atom stereocenters. The van der Waals surface area contributed by atoms with E-state index in [-0.39, 0.29) is 5.91 Å². The number of carbonyl (C=O) groups excluding carboxylic acids is 1. The van der Waals surface area contributed by atoms with Crippen molar-refractivity contribution in [3.63, 3.8) is 0 Å². The number of aromatic nitrogens is 1. The van der Waals surface area contributed by atoms with Crippen LogP contribution in [-0.2, 0) is 11.3 Å². The number of ether oxygens (including phenoxy) is 2. The molecule has 1 amide bonds. The van der Waals surface area contributed by atoms with Crippen LogP contribution in [0.2, 0.25) is 0 Å². The molecule has 1 aliphatic heterocycles. The first-order valence-corrected chi connectivity index (χ1v) is 8.97. The molecule has 6 heteroatoms. The molecule has 0 saturated carbocycles. The van der Waals surface area contributed by atoms with Gasteiger partial charge in [-0.15, -0.1) is 0 Å². The van der Waals surface area contributed by atoms with Gasteiger partial charge >= 0.3 is 0 Å². The molecule has 2 aromatic rings. The van der Waals surface area contributed by atoms with Crippen LogP contribution in [0.25, 0.3) is 0 Å². The molecule has 1 saturated heterocycles. The summed E-state index contributed by atoms with van der Waals surface area (Å²) in [5.41, 5.74) is 0.943. The van der Waals surface area contributed by atoms with Crippen molar-refractivity contribution in [2.75, 3.05) is 20.2 Å². The molecule has 1 aliphatic rings. The van der Waals surface area contributed by atoms with Crippen LogP contribution >= 0.6 is 0 Å². The summed E-state index contributed by atoms with van der Waals surface area (Å²) in [5, 5.41) is 6.27. The molecule has 1 fully saturated rings. The highest BCUT2D eigenvalue weighted by atomic mass is 16.5. The van der Waals surface area contributed by atoms with Gasteiger partial charge in [0.1, 0.15) is 11.5 Å². The van der Waals surface area contributed by atoms with Gasteiger partial charge in [0.2, 0.25) is 11.8 Å². The number of nitrogens with one attached hydrogen (secondary N) is 2. The van der Waals surface area contributed by atoms with Gasteiger partial charge in [0, 0.05) is 31.3 Å². The predicted molar refractivity (Wildman–Crippen MR) is 99.4 cm³/mol. The molecule has 0 bridgehead atoms. The van der Waals surface area contributed by atoms with Crippen molar-refractivity contribution in [3.8, 4) is 17.4 Å². The van der Waals surface area contributed by atoms with E-state index >= 15 is 0 Å². The fourth-order valence-corrected chi connectivity index (χ4v) is 2.95. The average molecular weight is 355 g/mol. The van der Waals surface area contributed by atoms with Crippen molar-refractivity contribution in [2.45, 2.75) is 25.8 Å². The maximum absolute atomic E-state index is 12.0. The third kappa shape index (κ3) is 5.46. The molecular weight excluding hydrogens is 330 g/mol. The fourth-order valence-electron chi connectivity index (χ4n) is 2.95. The highest BCUT2D eigenvalue weighted by molar-refractivity contribution is 5.75. The molecule has 2 heterocycles. The number of benzene rings is 1. The van der Waals surface area contributed by atoms with Gasteiger partial charge in [-0.1, -0.05) is 12.1 Å². The van der Waals surface area contributed by atoms with Crippen LogP contribution in [0.3, 0.4) is 0 Å². The Hall–Kier alpha value is -2.60. The summed E-state index contributed by atoms with van der Waals surface area (Å²) < 4.78 is 10.9. The van der Waals surface area contributed by atoms with Crippen LogP contribution in [0.5, 0.6) is 17.4 Å². The monoisotopic (exact) mass is 355 g/mol. The first-order valence-electron chi connectivity index (χ1n) is 8.97. The lowest BCUT2D eigenvalue weighted by Gasteiger charge is -2.09. The first kappa shape index (κ1) is 18.2. The van der Waals surface area contributed by atoms with E-state index < -0.39 is 0 Å². The lowest BCUT2D eigenvalue weighted by molar-refractivity contribution is -0.121. The molecule has 1 aromatic carbocycles. The highest BCUT2D eigenvalue weighted by Gasteiger charge is 2.15. The Kier molecular flexibility index (Phi) is 6.44. The predicted octanol–water partition coefficient (Wildman–Crippen LogP) is 2.89. The zero-order valence-corrected chi connectivity index (χ0v) is 15.0. The molecule has 0 aliphatic carbocycles. The van der Waals surface area contributed by atoms with Gasteiger partial charge in [0.15, 0.2) is 0 Å². The number of methoxy groups -OCH3 is 1. The Morgan fingerprint density at radius 3 is 2.92 bits per heavy atom. The summed E-state index contributed by atoms with van der Waals surface area (Å²) in [5.74, 6) is 2.63. The summed E-state index contributed by atoms with van der Waals surface area (Å²) in [4.78, 5) is 16.2. The number of rotatable bonds is 8. The number of amides is 1. The van der Waals surface area contributed by atoms with Crippen molar-refractivity contribution in [1.82, 2.24) is 15.6 Å². The van der Waals surface area contributed by atoms with Crippen LogP contribution in [0.1, 0.15) is 24.8 Å². The maximum Gasteiger partial charge on any atom is 0.220 e. The molecule has 3 rings (SSSR count). The third-order valence-corrected chi connectivity index (χ3v) is 4.49. The second-order valence-corrected chi connectivity index (χ2v) is 6.46. The quantitative estimate of drug-likeness (QED) is 0.762. The van der Waals surface area contributed by atoms with Gasteiger partial charge in [-0.05, 0) is 49.5 Å². The van der Waals surface area contributed by atoms with Gasteiger partial charge in [0.05, 0.1) is 7.11 Å². The molecule has 138 valence electrons. The molecule has 1 unspecified atom stereocenters. The zero-order valence-electron chi connectivity index (χ0n) is 15.0. The van der Waals surface area contributed by atoms with E-state index in [0.717, 1.165) is 30.8 Å². The first-order chi connectivity index (χ1) is 12.7. The van der Waals surface area contributed by atoms with Gasteiger partial charge in [0.25, 0.3) is 0 Å². The van der Waals surface area contributed by atoms with Gasteiger partial charge < -0.3 is 20.1 Å². The fraction of sp³-hybridized carbons (Fsp3) is 0.400. The van der Waals surface area contributed by atoms with Crippen LogP contribution in [0.4, 0.5) is 0 Å². The standard InChI is InChI=1S/C20H25N3O3/c1-25-17-3-2-4-18(11-17)26-20-8-6-16(14-23-20)13-22-19(24)7-5-15-9-10-21-12-15/h2-4,6,8,11,14-15,21H,5,7,9-10,12-13H2,1H3,(H,22,24). The molecule has 26 heavy (non-hydrogen) atoms. The second kappa shape index (κ2) is 9.20. The smallest absolute Gasteiger partial charge is 0.220 e. The van der Waals surface area contributed by atoms with Crippen LogP contribution < -0.4 is 20.1 Å². The minimum atomic E-state index is 0.0913. The lowest BCUT2D eigenvalue weighted by atomic mass is 10.0. The summed E-state index contributed by atoms with van der Waals surface area (Å²) in [6.07, 6.45) is 4.42. The number of hydrogen-bond donors (Lipinski definition) is 2. The zero-order chi connectivity index (χ0) is 18.2. The van der Waals surface area contributed by atoms with E-state index in [1.807, 2.05) is 24.3 Å². The number of hydrogen-bond acceptors (Lipinski definition) is 5. The Bertz CT molecular complexity index is 712. The number of carbonyl (C=O) groups is 1. The van der Waals surface area contributed by atoms with Crippen molar-refractivity contribution in [3.05, 3.63) is 48.2 Å². The molecular formula is C20H25N3O3. The SMILES string of the molecule is COc1cccc(Oc2ccc(CNC(=O)CCC3CCNC3)cn2)c1. The Morgan fingerprint density at radius 2 is 2.19 bits per heavy atom. The van der Waals surface area contributed by atoms with E-state index in [4.69, 9.17) is 9.47 Å². The normalized spacial score (nSPS) is 16.3.